The fraction of sp³-hybridized carbons (Fsp3) is 0.103. The number of benzene rings is 18. The predicted octanol–water partition coefficient (Wildman–Crippen LogP) is 29.8. The summed E-state index contributed by atoms with van der Waals surface area (Å²) in [5.74, 6) is 1.32. The Morgan fingerprint density at radius 3 is 0.921 bits per heavy atom. The van der Waals surface area contributed by atoms with E-state index >= 15 is 0 Å². The summed E-state index contributed by atoms with van der Waals surface area (Å²) < 4.78 is 18.2. The van der Waals surface area contributed by atoms with Gasteiger partial charge in [0.1, 0.15) is 0 Å². The molecule has 4 aromatic heterocycles. The number of rotatable bonds is 8. The molecule has 25 rings (SSSR count). The number of fused-ring (bicyclic) bond motifs is 24. The Morgan fingerprint density at radius 2 is 0.524 bits per heavy atom. The van der Waals surface area contributed by atoms with Crippen LogP contribution in [0.25, 0.3) is 199 Å². The minimum Gasteiger partial charge on any atom is -0.399 e. The number of nitrogens with zero attached hydrogens (tertiary/aromatic N) is 6. The lowest BCUT2D eigenvalue weighted by Crippen LogP contribution is -2.41. The second-order valence-electron chi connectivity index (χ2n) is 35.9. The smallest absolute Gasteiger partial charge is 0.399 e. The first-order valence-corrected chi connectivity index (χ1v) is 44.3. The van der Waals surface area contributed by atoms with Crippen molar-refractivity contribution in [2.75, 3.05) is 0 Å². The fourth-order valence-electron chi connectivity index (χ4n) is 20.3. The summed E-state index contributed by atoms with van der Waals surface area (Å²) in [4.78, 5) is 20.7. The number of hydrogen-bond donors (Lipinski definition) is 0. The quantitative estimate of drug-likeness (QED) is 0.111. The summed E-state index contributed by atoms with van der Waals surface area (Å²) in [6.45, 7) is 17.9. The summed E-state index contributed by atoms with van der Waals surface area (Å²) in [6.07, 6.45) is 0. The van der Waals surface area contributed by atoms with Crippen LogP contribution in [0.5, 0.6) is 0 Å². The minimum absolute atomic E-state index is 0.0833. The topological polar surface area (TPSA) is 79.9 Å². The van der Waals surface area contributed by atoms with Crippen LogP contribution in [-0.4, -0.2) is 47.4 Å². The van der Waals surface area contributed by atoms with Gasteiger partial charge in [-0.1, -0.05) is 335 Å². The molecule has 0 radical (unpaired) electrons. The summed E-state index contributed by atoms with van der Waals surface area (Å²) in [5.41, 5.74) is 25.4. The molecule has 602 valence electrons. The van der Waals surface area contributed by atoms with E-state index in [1.54, 1.807) is 0 Å². The van der Waals surface area contributed by atoms with Crippen molar-refractivity contribution in [1.29, 1.82) is 0 Å². The van der Waals surface area contributed by atoms with Crippen molar-refractivity contribution in [2.24, 2.45) is 0 Å². The lowest BCUT2D eigenvalue weighted by Gasteiger charge is -2.32. The van der Waals surface area contributed by atoms with Gasteiger partial charge in [0.2, 0.25) is 11.9 Å². The monoisotopic (exact) mass is 1680 g/mol. The van der Waals surface area contributed by atoms with Gasteiger partial charge < -0.3 is 9.31 Å². The zero-order valence-electron chi connectivity index (χ0n) is 71.3. The van der Waals surface area contributed by atoms with Crippen LogP contribution >= 0.6 is 15.9 Å². The molecule has 5 heterocycles. The third-order valence-electron chi connectivity index (χ3n) is 27.4. The molecule has 0 N–H and O–H groups in total. The molecule has 0 amide bonds. The van der Waals surface area contributed by atoms with E-state index in [-0.39, 0.29) is 29.2 Å². The highest BCUT2D eigenvalue weighted by molar-refractivity contribution is 9.10. The van der Waals surface area contributed by atoms with Crippen LogP contribution in [0.1, 0.15) is 77.6 Å². The van der Waals surface area contributed by atoms with Gasteiger partial charge in [-0.2, -0.15) is 0 Å². The van der Waals surface area contributed by atoms with Crippen LogP contribution < -0.4 is 5.46 Å². The highest BCUT2D eigenvalue weighted by Crippen LogP contribution is 2.55. The van der Waals surface area contributed by atoms with E-state index in [2.05, 4.69) is 420 Å². The van der Waals surface area contributed by atoms with E-state index in [4.69, 9.17) is 29.2 Å². The highest BCUT2D eigenvalue weighted by Gasteiger charge is 2.52. The molecule has 126 heavy (non-hydrogen) atoms. The van der Waals surface area contributed by atoms with Crippen LogP contribution in [-0.2, 0) is 20.1 Å². The normalized spacial score (nSPS) is 14.4. The van der Waals surface area contributed by atoms with Crippen LogP contribution in [0, 0.1) is 0 Å². The number of halogens is 1. The maximum atomic E-state index is 6.40. The summed E-state index contributed by atoms with van der Waals surface area (Å²) in [5, 5.41) is 20.5. The largest absolute Gasteiger partial charge is 0.494 e. The molecule has 10 heteroatoms. The van der Waals surface area contributed by atoms with Crippen molar-refractivity contribution in [2.45, 2.75) is 77.4 Å². The van der Waals surface area contributed by atoms with Gasteiger partial charge in [-0.05, 0) is 238 Å². The van der Waals surface area contributed by atoms with E-state index in [1.807, 2.05) is 36.4 Å². The van der Waals surface area contributed by atoms with E-state index in [0.29, 0.717) is 11.9 Å². The first kappa shape index (κ1) is 76.6. The van der Waals surface area contributed by atoms with Crippen molar-refractivity contribution in [1.82, 2.24) is 29.1 Å². The Balaban J connectivity index is 0.000000116. The second-order valence-corrected chi connectivity index (χ2v) is 36.8. The molecule has 1 saturated heterocycles. The molecule has 0 atom stereocenters. The predicted molar refractivity (Wildman–Crippen MR) is 530 cm³/mol. The maximum absolute atomic E-state index is 6.40. The third-order valence-corrected chi connectivity index (χ3v) is 27.9. The molecule has 8 nitrogen and oxygen atoms in total. The van der Waals surface area contributed by atoms with Gasteiger partial charge in [0.15, 0.2) is 0 Å². The molecular weight excluding hydrogens is 1600 g/mol. The van der Waals surface area contributed by atoms with Crippen molar-refractivity contribution in [3.63, 3.8) is 0 Å². The van der Waals surface area contributed by atoms with Crippen molar-refractivity contribution < 1.29 is 9.31 Å². The molecule has 0 spiro atoms. The molecule has 18 aromatic carbocycles. The summed E-state index contributed by atoms with van der Waals surface area (Å²) in [7, 11) is -0.363. The average molecular weight is 1690 g/mol. The van der Waals surface area contributed by atoms with Gasteiger partial charge in [0.05, 0.1) is 56.0 Å². The Kier molecular flexibility index (Phi) is 17.9. The lowest BCUT2D eigenvalue weighted by molar-refractivity contribution is 0.00578. The van der Waals surface area contributed by atoms with Crippen molar-refractivity contribution >= 4 is 137 Å². The first-order valence-electron chi connectivity index (χ1n) is 43.5. The standard InChI is InChI=1S/C55H37N3.C33H31BO2.C28H18BrN3/c1-55(2)48-28-27-36(30-46(48)47-31-44-40-21-8-6-19-38(40)39-20-7-9-22-41(39)45(44)32-49(47)55)35-17-14-18-37(29-35)51-33-50(34-15-4-3-5-16-34)56-54(57-51)58-52-25-12-10-23-42(52)43-24-11-13-26-53(43)58;1-31(2)29-16-15-20(34-35-32(3,4)33(5,6)36-34)17-27(29)28-18-25-23-13-9-7-11-21(23)22-12-8-10-14-24(22)26(25)19-30(28)31;29-21-12-8-11-20(17-21)25-18-24(19-9-2-1-3-10-19)30-28(31-25)32-26-15-6-4-13-22(26)23-14-5-7-16-27(23)32/h3-33H,1-2H3;7-19H,1-6H3;1-18H. The SMILES string of the molecule is Brc1cccc(-c2cc(-c3ccccc3)nc(-n3c4ccccc4c4ccccc43)n2)c1.CC1(C)c2ccc(-c3cccc(-c4cc(-c5ccccc5)nc(-n5c6ccccc6c6ccccc65)n4)c3)cc2-c2cc3c4ccccc4c4ccccc4c3cc21.CC1(C)c2ccc(B3OC(C)(C)C(C)(C)O3)cc2-c2cc3c4ccccc4c4ccccc4c3cc21. The molecule has 0 saturated carbocycles. The minimum atomic E-state index is -0.363. The van der Waals surface area contributed by atoms with E-state index < -0.39 is 0 Å². The van der Waals surface area contributed by atoms with Crippen molar-refractivity contribution in [3.05, 3.63) is 403 Å². The van der Waals surface area contributed by atoms with Gasteiger partial charge in [-0.25, -0.2) is 19.9 Å². The molecule has 0 bridgehead atoms. The fourth-order valence-corrected chi connectivity index (χ4v) is 20.7. The zero-order valence-corrected chi connectivity index (χ0v) is 72.8. The van der Waals surface area contributed by atoms with Crippen molar-refractivity contribution in [3.8, 4) is 90.3 Å². The zero-order chi connectivity index (χ0) is 85.1. The lowest BCUT2D eigenvalue weighted by atomic mass is 9.76. The van der Waals surface area contributed by atoms with Gasteiger partial charge in [0.25, 0.3) is 0 Å². The van der Waals surface area contributed by atoms with E-state index in [0.717, 1.165) is 82.6 Å². The number of hydrogen-bond acceptors (Lipinski definition) is 6. The maximum Gasteiger partial charge on any atom is 0.494 e. The molecule has 22 aromatic rings. The van der Waals surface area contributed by atoms with Crippen LogP contribution in [0.15, 0.2) is 381 Å². The molecule has 0 unspecified atom stereocenters. The van der Waals surface area contributed by atoms with E-state index in [1.165, 1.54) is 136 Å². The molecular formula is C116H86BBrN6O2. The third kappa shape index (κ3) is 12.5. The number of aromatic nitrogens is 6. The van der Waals surface area contributed by atoms with Crippen LogP contribution in [0.2, 0.25) is 0 Å². The second kappa shape index (κ2) is 29.5. The Hall–Kier alpha value is -14.3. The number of para-hydroxylation sites is 4. The van der Waals surface area contributed by atoms with Gasteiger partial charge in [-0.15, -0.1) is 0 Å². The highest BCUT2D eigenvalue weighted by atomic mass is 79.9. The molecule has 3 aliphatic rings. The van der Waals surface area contributed by atoms with Gasteiger partial charge >= 0.3 is 7.12 Å². The summed E-state index contributed by atoms with van der Waals surface area (Å²) >= 11 is 3.60. The summed E-state index contributed by atoms with van der Waals surface area (Å²) in [6, 6.07) is 135. The molecule has 1 fully saturated rings. The van der Waals surface area contributed by atoms with Crippen LogP contribution in [0.3, 0.4) is 0 Å². The average Bonchev–Trinajstić information content (AvgIpc) is 1.52. The van der Waals surface area contributed by atoms with Crippen LogP contribution in [0.4, 0.5) is 0 Å². The van der Waals surface area contributed by atoms with Gasteiger partial charge in [0, 0.05) is 59.1 Å². The molecule has 1 aliphatic heterocycles. The van der Waals surface area contributed by atoms with E-state index in [9.17, 15) is 0 Å². The first-order chi connectivity index (χ1) is 61.4. The Labute approximate surface area is 740 Å². The Morgan fingerprint density at radius 1 is 0.230 bits per heavy atom. The van der Waals surface area contributed by atoms with Gasteiger partial charge in [-0.3, -0.25) is 9.13 Å². The molecule has 2 aliphatic carbocycles. The Bertz CT molecular complexity index is 8150.